The van der Waals surface area contributed by atoms with Crippen molar-refractivity contribution in [2.45, 2.75) is 39.2 Å². The van der Waals surface area contributed by atoms with E-state index in [1.165, 1.54) is 0 Å². The number of carbonyl (C=O) groups is 1. The topological polar surface area (TPSA) is 61.4 Å². The fraction of sp³-hybridized carbons (Fsp3) is 0.706. The van der Waals surface area contributed by atoms with Crippen LogP contribution >= 0.6 is 0 Å². The van der Waals surface area contributed by atoms with E-state index < -0.39 is 0 Å². The van der Waals surface area contributed by atoms with Gasteiger partial charge in [-0.05, 0) is 7.05 Å². The lowest BCUT2D eigenvalue weighted by molar-refractivity contribution is -0.121. The van der Waals surface area contributed by atoms with Crippen molar-refractivity contribution in [1.29, 1.82) is 0 Å². The van der Waals surface area contributed by atoms with Gasteiger partial charge in [-0.25, -0.2) is 9.97 Å². The van der Waals surface area contributed by atoms with Crippen LogP contribution in [0.15, 0.2) is 12.5 Å². The van der Waals surface area contributed by atoms with Crippen LogP contribution in [-0.4, -0.2) is 65.4 Å². The predicted molar refractivity (Wildman–Crippen MR) is 91.1 cm³/mol. The van der Waals surface area contributed by atoms with Crippen LogP contribution in [0.4, 0.5) is 0 Å². The Morgan fingerprint density at radius 3 is 2.61 bits per heavy atom. The molecule has 0 atom stereocenters. The SMILES string of the molecule is CN1CCN(CCC(=O)NCc2cncnc2C(C)(C)C)CC1. The van der Waals surface area contributed by atoms with Crippen molar-refractivity contribution in [2.24, 2.45) is 0 Å². The molecule has 2 heterocycles. The number of piperazine rings is 1. The van der Waals surface area contributed by atoms with Crippen molar-refractivity contribution >= 4 is 5.91 Å². The van der Waals surface area contributed by atoms with Crippen LogP contribution in [0, 0.1) is 0 Å². The zero-order chi connectivity index (χ0) is 16.9. The van der Waals surface area contributed by atoms with Gasteiger partial charge in [0.2, 0.25) is 5.91 Å². The van der Waals surface area contributed by atoms with Crippen molar-refractivity contribution in [2.75, 3.05) is 39.8 Å². The average molecular weight is 319 g/mol. The molecule has 0 radical (unpaired) electrons. The third-order valence-corrected chi connectivity index (χ3v) is 4.23. The first-order valence-corrected chi connectivity index (χ1v) is 8.33. The maximum atomic E-state index is 12.1. The molecule has 2 rings (SSSR count). The number of rotatable bonds is 5. The molecule has 0 unspecified atom stereocenters. The van der Waals surface area contributed by atoms with E-state index in [1.807, 2.05) is 0 Å². The zero-order valence-corrected chi connectivity index (χ0v) is 14.8. The summed E-state index contributed by atoms with van der Waals surface area (Å²) in [7, 11) is 2.14. The molecule has 0 spiro atoms. The van der Waals surface area contributed by atoms with E-state index in [2.05, 4.69) is 52.9 Å². The monoisotopic (exact) mass is 319 g/mol. The van der Waals surface area contributed by atoms with Gasteiger partial charge in [-0.2, -0.15) is 0 Å². The number of hydrogen-bond acceptors (Lipinski definition) is 5. The molecule has 0 bridgehead atoms. The highest BCUT2D eigenvalue weighted by molar-refractivity contribution is 5.76. The Bertz CT molecular complexity index is 518. The smallest absolute Gasteiger partial charge is 0.221 e. The molecular weight excluding hydrogens is 290 g/mol. The fourth-order valence-corrected chi connectivity index (χ4v) is 2.78. The number of likely N-dealkylation sites (N-methyl/N-ethyl adjacent to an activating group) is 1. The van der Waals surface area contributed by atoms with Crippen molar-refractivity contribution in [1.82, 2.24) is 25.1 Å². The van der Waals surface area contributed by atoms with Gasteiger partial charge in [0.1, 0.15) is 6.33 Å². The fourth-order valence-electron chi connectivity index (χ4n) is 2.78. The van der Waals surface area contributed by atoms with E-state index in [0.29, 0.717) is 13.0 Å². The maximum Gasteiger partial charge on any atom is 0.221 e. The third-order valence-electron chi connectivity index (χ3n) is 4.23. The predicted octanol–water partition coefficient (Wildman–Crippen LogP) is 1.03. The molecule has 1 aliphatic rings. The summed E-state index contributed by atoms with van der Waals surface area (Å²) in [6.07, 6.45) is 3.91. The third kappa shape index (κ3) is 5.55. The highest BCUT2D eigenvalue weighted by atomic mass is 16.1. The second-order valence-corrected chi connectivity index (χ2v) is 7.32. The van der Waals surface area contributed by atoms with Gasteiger partial charge < -0.3 is 15.1 Å². The molecular formula is C17H29N5O. The number of nitrogens with one attached hydrogen (secondary N) is 1. The molecule has 0 aromatic carbocycles. The Morgan fingerprint density at radius 2 is 1.96 bits per heavy atom. The van der Waals surface area contributed by atoms with Crippen molar-refractivity contribution in [3.8, 4) is 0 Å². The van der Waals surface area contributed by atoms with E-state index in [4.69, 9.17) is 0 Å². The van der Waals surface area contributed by atoms with E-state index in [0.717, 1.165) is 44.0 Å². The van der Waals surface area contributed by atoms with Crippen molar-refractivity contribution < 1.29 is 4.79 Å². The lowest BCUT2D eigenvalue weighted by atomic mass is 9.89. The lowest BCUT2D eigenvalue weighted by Gasteiger charge is -2.32. The zero-order valence-electron chi connectivity index (χ0n) is 14.8. The van der Waals surface area contributed by atoms with Gasteiger partial charge in [-0.1, -0.05) is 20.8 Å². The van der Waals surface area contributed by atoms with Gasteiger partial charge in [0, 0.05) is 62.9 Å². The van der Waals surface area contributed by atoms with Crippen LogP contribution in [0.25, 0.3) is 0 Å². The molecule has 23 heavy (non-hydrogen) atoms. The summed E-state index contributed by atoms with van der Waals surface area (Å²) in [4.78, 5) is 25.2. The van der Waals surface area contributed by atoms with Gasteiger partial charge in [0.25, 0.3) is 0 Å². The highest BCUT2D eigenvalue weighted by Crippen LogP contribution is 2.22. The van der Waals surface area contributed by atoms with Crippen LogP contribution in [0.1, 0.15) is 38.4 Å². The summed E-state index contributed by atoms with van der Waals surface area (Å²) in [6.45, 7) is 11.9. The summed E-state index contributed by atoms with van der Waals surface area (Å²) in [5, 5.41) is 3.00. The number of aromatic nitrogens is 2. The molecule has 1 saturated heterocycles. The molecule has 1 aromatic heterocycles. The molecule has 0 saturated carbocycles. The Kier molecular flexibility index (Phi) is 6.07. The van der Waals surface area contributed by atoms with Crippen LogP contribution in [0.3, 0.4) is 0 Å². The van der Waals surface area contributed by atoms with Crippen molar-refractivity contribution in [3.63, 3.8) is 0 Å². The summed E-state index contributed by atoms with van der Waals surface area (Å²) in [6, 6.07) is 0. The molecule has 1 fully saturated rings. The first kappa shape index (κ1) is 17.8. The van der Waals surface area contributed by atoms with Gasteiger partial charge in [-0.15, -0.1) is 0 Å². The van der Waals surface area contributed by atoms with Gasteiger partial charge in [0.15, 0.2) is 0 Å². The molecule has 6 nitrogen and oxygen atoms in total. The van der Waals surface area contributed by atoms with Gasteiger partial charge >= 0.3 is 0 Å². The first-order valence-electron chi connectivity index (χ1n) is 8.33. The molecule has 1 aliphatic heterocycles. The largest absolute Gasteiger partial charge is 0.352 e. The Morgan fingerprint density at radius 1 is 1.26 bits per heavy atom. The number of amides is 1. The maximum absolute atomic E-state index is 12.1. The lowest BCUT2D eigenvalue weighted by Crippen LogP contribution is -2.45. The van der Waals surface area contributed by atoms with E-state index in [1.54, 1.807) is 12.5 Å². The van der Waals surface area contributed by atoms with Gasteiger partial charge in [-0.3, -0.25) is 4.79 Å². The highest BCUT2D eigenvalue weighted by Gasteiger charge is 2.20. The summed E-state index contributed by atoms with van der Waals surface area (Å²) in [5.41, 5.74) is 1.93. The molecule has 1 aromatic rings. The standard InChI is InChI=1S/C17H29N5O/c1-17(2,3)16-14(11-18-13-20-16)12-19-15(23)5-6-22-9-7-21(4)8-10-22/h11,13H,5-10,12H2,1-4H3,(H,19,23). The van der Waals surface area contributed by atoms with E-state index in [-0.39, 0.29) is 11.3 Å². The summed E-state index contributed by atoms with van der Waals surface area (Å²) in [5.74, 6) is 0.0904. The minimum Gasteiger partial charge on any atom is -0.352 e. The van der Waals surface area contributed by atoms with Gasteiger partial charge in [0.05, 0.1) is 5.69 Å². The van der Waals surface area contributed by atoms with Crippen LogP contribution in [-0.2, 0) is 16.8 Å². The average Bonchev–Trinajstić information content (AvgIpc) is 2.52. The first-order chi connectivity index (χ1) is 10.9. The minimum atomic E-state index is -0.0527. The molecule has 6 heteroatoms. The quantitative estimate of drug-likeness (QED) is 0.878. The Labute approximate surface area is 139 Å². The second kappa shape index (κ2) is 7.84. The number of hydrogen-bond donors (Lipinski definition) is 1. The molecule has 128 valence electrons. The molecule has 0 aliphatic carbocycles. The second-order valence-electron chi connectivity index (χ2n) is 7.32. The van der Waals surface area contributed by atoms with Crippen molar-refractivity contribution in [3.05, 3.63) is 23.8 Å². The number of carbonyl (C=O) groups excluding carboxylic acids is 1. The van der Waals surface area contributed by atoms with E-state index in [9.17, 15) is 4.79 Å². The molecule has 1 amide bonds. The Balaban J connectivity index is 1.79. The Hall–Kier alpha value is -1.53. The molecule has 1 N–H and O–H groups in total. The summed E-state index contributed by atoms with van der Waals surface area (Å²) >= 11 is 0. The summed E-state index contributed by atoms with van der Waals surface area (Å²) < 4.78 is 0. The number of nitrogens with zero attached hydrogens (tertiary/aromatic N) is 4. The van der Waals surface area contributed by atoms with Crippen LogP contribution < -0.4 is 5.32 Å². The minimum absolute atomic E-state index is 0.0527. The van der Waals surface area contributed by atoms with Crippen LogP contribution in [0.5, 0.6) is 0 Å². The van der Waals surface area contributed by atoms with E-state index >= 15 is 0 Å². The van der Waals surface area contributed by atoms with Crippen LogP contribution in [0.2, 0.25) is 0 Å². The normalized spacial score (nSPS) is 17.2.